The summed E-state index contributed by atoms with van der Waals surface area (Å²) in [5, 5.41) is 27.1. The average molecular weight is 513 g/mol. The maximum Gasteiger partial charge on any atom is 0.411 e. The van der Waals surface area contributed by atoms with Crippen molar-refractivity contribution in [3.05, 3.63) is 66.0 Å². The van der Waals surface area contributed by atoms with Crippen LogP contribution < -0.4 is 10.6 Å². The Morgan fingerprint density at radius 1 is 1.08 bits per heavy atom. The van der Waals surface area contributed by atoms with Gasteiger partial charge in [0, 0.05) is 24.1 Å². The van der Waals surface area contributed by atoms with E-state index in [0.717, 1.165) is 5.56 Å². The SMILES string of the molecule is CC1(CO)C(OC(=O)Nc2cccc(F)c2)CCC2(C)C(CC(=O)NCc3ccccc3)C(O)CCC12. The van der Waals surface area contributed by atoms with Crippen LogP contribution in [0.1, 0.15) is 51.5 Å². The predicted molar refractivity (Wildman–Crippen MR) is 138 cm³/mol. The highest BCUT2D eigenvalue weighted by Crippen LogP contribution is 2.61. The minimum atomic E-state index is -0.759. The van der Waals surface area contributed by atoms with E-state index in [-0.39, 0.29) is 30.8 Å². The van der Waals surface area contributed by atoms with Crippen LogP contribution in [0, 0.1) is 28.5 Å². The summed E-state index contributed by atoms with van der Waals surface area (Å²) >= 11 is 0. The molecule has 7 nitrogen and oxygen atoms in total. The number of nitrogens with one attached hydrogen (secondary N) is 2. The molecule has 200 valence electrons. The monoisotopic (exact) mass is 512 g/mol. The number of hydrogen-bond acceptors (Lipinski definition) is 5. The molecular weight excluding hydrogens is 475 g/mol. The zero-order valence-electron chi connectivity index (χ0n) is 21.5. The molecular formula is C29H37FN2O5. The Morgan fingerprint density at radius 3 is 2.54 bits per heavy atom. The van der Waals surface area contributed by atoms with E-state index in [1.54, 1.807) is 6.07 Å². The average Bonchev–Trinajstić information content (AvgIpc) is 2.87. The van der Waals surface area contributed by atoms with Crippen LogP contribution in [0.3, 0.4) is 0 Å². The highest BCUT2D eigenvalue weighted by Gasteiger charge is 2.60. The van der Waals surface area contributed by atoms with Crippen molar-refractivity contribution in [2.24, 2.45) is 22.7 Å². The van der Waals surface area contributed by atoms with Gasteiger partial charge in [-0.2, -0.15) is 0 Å². The first kappa shape index (κ1) is 27.1. The van der Waals surface area contributed by atoms with Crippen molar-refractivity contribution in [2.75, 3.05) is 11.9 Å². The van der Waals surface area contributed by atoms with Crippen LogP contribution in [-0.4, -0.2) is 41.0 Å². The summed E-state index contributed by atoms with van der Waals surface area (Å²) in [6.45, 7) is 4.23. The molecule has 37 heavy (non-hydrogen) atoms. The Hall–Kier alpha value is -2.97. The van der Waals surface area contributed by atoms with Crippen LogP contribution in [0.2, 0.25) is 0 Å². The molecule has 0 bridgehead atoms. The third-order valence-corrected chi connectivity index (χ3v) is 8.73. The maximum atomic E-state index is 13.5. The number of hydrogen-bond donors (Lipinski definition) is 4. The number of carbonyl (C=O) groups is 2. The summed E-state index contributed by atoms with van der Waals surface area (Å²) < 4.78 is 19.3. The molecule has 2 aliphatic carbocycles. The Morgan fingerprint density at radius 2 is 1.84 bits per heavy atom. The van der Waals surface area contributed by atoms with Crippen LogP contribution >= 0.6 is 0 Å². The van der Waals surface area contributed by atoms with Gasteiger partial charge in [0.1, 0.15) is 11.9 Å². The van der Waals surface area contributed by atoms with E-state index >= 15 is 0 Å². The molecule has 4 rings (SSSR count). The van der Waals surface area contributed by atoms with Gasteiger partial charge in [-0.1, -0.05) is 50.2 Å². The number of benzene rings is 2. The van der Waals surface area contributed by atoms with Crippen molar-refractivity contribution in [1.82, 2.24) is 5.32 Å². The van der Waals surface area contributed by atoms with Gasteiger partial charge in [0.2, 0.25) is 5.91 Å². The van der Waals surface area contributed by atoms with Gasteiger partial charge < -0.3 is 20.3 Å². The molecule has 6 atom stereocenters. The van der Waals surface area contributed by atoms with Gasteiger partial charge in [-0.25, -0.2) is 9.18 Å². The van der Waals surface area contributed by atoms with Gasteiger partial charge in [0.05, 0.1) is 12.7 Å². The highest BCUT2D eigenvalue weighted by atomic mass is 19.1. The number of rotatable bonds is 7. The molecule has 8 heteroatoms. The molecule has 2 fully saturated rings. The van der Waals surface area contributed by atoms with Gasteiger partial charge in [0.25, 0.3) is 0 Å². The number of carbonyl (C=O) groups excluding carboxylic acids is 2. The van der Waals surface area contributed by atoms with Crippen LogP contribution in [-0.2, 0) is 16.1 Å². The molecule has 0 radical (unpaired) electrons. The molecule has 2 aromatic rings. The lowest BCUT2D eigenvalue weighted by Crippen LogP contribution is -2.61. The fourth-order valence-electron chi connectivity index (χ4n) is 6.69. The first-order chi connectivity index (χ1) is 17.7. The van der Waals surface area contributed by atoms with E-state index in [9.17, 15) is 24.2 Å². The van der Waals surface area contributed by atoms with E-state index in [2.05, 4.69) is 17.6 Å². The second kappa shape index (κ2) is 11.2. The number of aliphatic hydroxyl groups excluding tert-OH is 2. The summed E-state index contributed by atoms with van der Waals surface area (Å²) in [4.78, 5) is 25.6. The summed E-state index contributed by atoms with van der Waals surface area (Å²) in [6.07, 6.45) is 0.582. The summed E-state index contributed by atoms with van der Waals surface area (Å²) in [6, 6.07) is 15.2. The summed E-state index contributed by atoms with van der Waals surface area (Å²) in [7, 11) is 0. The zero-order valence-corrected chi connectivity index (χ0v) is 21.5. The molecule has 0 heterocycles. The second-order valence-electron chi connectivity index (χ2n) is 11.0. The van der Waals surface area contributed by atoms with Crippen molar-refractivity contribution in [2.45, 2.75) is 64.7 Å². The van der Waals surface area contributed by atoms with Crippen LogP contribution in [0.25, 0.3) is 0 Å². The maximum absolute atomic E-state index is 13.5. The molecule has 2 aliphatic rings. The third kappa shape index (κ3) is 5.80. The quantitative estimate of drug-likeness (QED) is 0.433. The number of fused-ring (bicyclic) bond motifs is 1. The van der Waals surface area contributed by atoms with Crippen LogP contribution in [0.5, 0.6) is 0 Å². The lowest BCUT2D eigenvalue weighted by Gasteiger charge is -2.60. The van der Waals surface area contributed by atoms with E-state index in [1.807, 2.05) is 37.3 Å². The fourth-order valence-corrected chi connectivity index (χ4v) is 6.69. The number of amides is 2. The van der Waals surface area contributed by atoms with Gasteiger partial charge in [-0.05, 0) is 66.7 Å². The molecule has 6 unspecified atom stereocenters. The summed E-state index contributed by atoms with van der Waals surface area (Å²) in [5.41, 5.74) is 0.119. The fraction of sp³-hybridized carbons (Fsp3) is 0.517. The molecule has 4 N–H and O–H groups in total. The Labute approximate surface area is 217 Å². The highest BCUT2D eigenvalue weighted by molar-refractivity contribution is 5.84. The van der Waals surface area contributed by atoms with E-state index in [4.69, 9.17) is 4.74 Å². The van der Waals surface area contributed by atoms with Crippen molar-refractivity contribution < 1.29 is 28.9 Å². The van der Waals surface area contributed by atoms with Crippen LogP contribution in [0.15, 0.2) is 54.6 Å². The molecule has 0 saturated heterocycles. The standard InChI is InChI=1S/C29H37FN2O5/c1-28-14-13-25(37-27(36)32-21-10-6-9-20(30)15-21)29(2,18-33)24(28)12-11-23(34)22(28)16-26(35)31-17-19-7-4-3-5-8-19/h3-10,15,22-25,33-34H,11-14,16-18H2,1-2H3,(H,31,35)(H,32,36). The Bertz CT molecular complexity index is 1100. The molecule has 0 aliphatic heterocycles. The number of halogens is 1. The van der Waals surface area contributed by atoms with Crippen molar-refractivity contribution in [3.63, 3.8) is 0 Å². The zero-order chi connectivity index (χ0) is 26.6. The largest absolute Gasteiger partial charge is 0.445 e. The topological polar surface area (TPSA) is 108 Å². The Balaban J connectivity index is 1.45. The molecule has 2 amide bonds. The minimum Gasteiger partial charge on any atom is -0.445 e. The predicted octanol–water partition coefficient (Wildman–Crippen LogP) is 4.64. The van der Waals surface area contributed by atoms with E-state index < -0.39 is 34.9 Å². The second-order valence-corrected chi connectivity index (χ2v) is 11.0. The molecule has 0 aromatic heterocycles. The lowest BCUT2D eigenvalue weighted by molar-refractivity contribution is -0.185. The van der Waals surface area contributed by atoms with Gasteiger partial charge in [0.15, 0.2) is 0 Å². The van der Waals surface area contributed by atoms with Gasteiger partial charge in [-0.3, -0.25) is 10.1 Å². The van der Waals surface area contributed by atoms with Crippen molar-refractivity contribution in [1.29, 1.82) is 0 Å². The van der Waals surface area contributed by atoms with E-state index in [0.29, 0.717) is 37.9 Å². The molecule has 2 saturated carbocycles. The number of aliphatic hydroxyl groups is 2. The number of anilines is 1. The van der Waals surface area contributed by atoms with Crippen LogP contribution in [0.4, 0.5) is 14.9 Å². The Kier molecular flexibility index (Phi) is 8.19. The molecule has 2 aromatic carbocycles. The van der Waals surface area contributed by atoms with E-state index in [1.165, 1.54) is 18.2 Å². The van der Waals surface area contributed by atoms with Gasteiger partial charge in [-0.15, -0.1) is 0 Å². The van der Waals surface area contributed by atoms with Crippen molar-refractivity contribution in [3.8, 4) is 0 Å². The first-order valence-electron chi connectivity index (χ1n) is 13.0. The minimum absolute atomic E-state index is 0.0685. The molecule has 0 spiro atoms. The van der Waals surface area contributed by atoms with Gasteiger partial charge >= 0.3 is 6.09 Å². The smallest absolute Gasteiger partial charge is 0.411 e. The first-order valence-corrected chi connectivity index (χ1v) is 13.0. The normalized spacial score (nSPS) is 31.2. The third-order valence-electron chi connectivity index (χ3n) is 8.73. The number of ether oxygens (including phenoxy) is 1. The summed E-state index contributed by atoms with van der Waals surface area (Å²) in [5.74, 6) is -0.935. The lowest BCUT2D eigenvalue weighted by atomic mass is 9.46. The van der Waals surface area contributed by atoms with Crippen molar-refractivity contribution >= 4 is 17.7 Å².